The summed E-state index contributed by atoms with van der Waals surface area (Å²) in [5.41, 5.74) is -1.99. The summed E-state index contributed by atoms with van der Waals surface area (Å²) in [6, 6.07) is 11.4. The van der Waals surface area contributed by atoms with Crippen molar-refractivity contribution in [3.63, 3.8) is 0 Å². The van der Waals surface area contributed by atoms with E-state index in [0.717, 1.165) is 23.6 Å². The van der Waals surface area contributed by atoms with Crippen molar-refractivity contribution in [1.29, 1.82) is 0 Å². The van der Waals surface area contributed by atoms with Crippen LogP contribution >= 0.6 is 0 Å². The average Bonchev–Trinajstić information content (AvgIpc) is 3.12. The van der Waals surface area contributed by atoms with Crippen molar-refractivity contribution in [3.05, 3.63) is 70.2 Å². The lowest BCUT2D eigenvalue weighted by Crippen LogP contribution is -2.43. The van der Waals surface area contributed by atoms with Crippen LogP contribution in [0.1, 0.15) is 12.7 Å². The smallest absolute Gasteiger partial charge is 0.313 e. The molecule has 1 aromatic heterocycles. The first-order chi connectivity index (χ1) is 13.7. The van der Waals surface area contributed by atoms with Gasteiger partial charge in [-0.15, -0.1) is 0 Å². The second-order valence-corrected chi connectivity index (χ2v) is 6.48. The molecule has 3 rings (SSSR count). The lowest BCUT2D eigenvalue weighted by Gasteiger charge is -2.20. The zero-order valence-corrected chi connectivity index (χ0v) is 15.1. The molecule has 0 fully saturated rings. The van der Waals surface area contributed by atoms with Crippen molar-refractivity contribution in [3.8, 4) is 0 Å². The Morgan fingerprint density at radius 3 is 2.62 bits per heavy atom. The van der Waals surface area contributed by atoms with E-state index in [1.165, 1.54) is 6.92 Å². The van der Waals surface area contributed by atoms with Crippen LogP contribution in [0.5, 0.6) is 0 Å². The number of rotatable bonds is 5. The van der Waals surface area contributed by atoms with E-state index >= 15 is 0 Å². The molecule has 0 saturated carbocycles. The number of nitro groups is 1. The molecule has 0 aliphatic heterocycles. The van der Waals surface area contributed by atoms with E-state index in [0.29, 0.717) is 5.58 Å². The molecule has 1 atom stereocenters. The summed E-state index contributed by atoms with van der Waals surface area (Å²) in [4.78, 5) is 33.8. The minimum atomic E-state index is -1.59. The normalized spacial score (nSPS) is 12.9. The average molecular weight is 401 g/mol. The third kappa shape index (κ3) is 4.38. The molecule has 1 heterocycles. The number of carbonyl (C=O) groups is 2. The zero-order valence-electron chi connectivity index (χ0n) is 15.1. The van der Waals surface area contributed by atoms with Gasteiger partial charge in [0.05, 0.1) is 11.5 Å². The van der Waals surface area contributed by atoms with Gasteiger partial charge in [0.15, 0.2) is 0 Å². The Bertz CT molecular complexity index is 1080. The summed E-state index contributed by atoms with van der Waals surface area (Å²) >= 11 is 0. The lowest BCUT2D eigenvalue weighted by molar-refractivity contribution is -0.387. The van der Waals surface area contributed by atoms with Crippen LogP contribution in [0.3, 0.4) is 0 Å². The number of nitro benzene ring substituents is 1. The molecule has 0 aliphatic rings. The Morgan fingerprint density at radius 1 is 1.21 bits per heavy atom. The van der Waals surface area contributed by atoms with Gasteiger partial charge >= 0.3 is 17.5 Å². The topological polar surface area (TPSA) is 135 Å². The minimum Gasteiger partial charge on any atom is -0.458 e. The molecule has 0 saturated heterocycles. The first kappa shape index (κ1) is 20.0. The molecule has 1 unspecified atom stereocenters. The number of halogens is 1. The summed E-state index contributed by atoms with van der Waals surface area (Å²) in [6.07, 6.45) is 0. The predicted octanol–water partition coefficient (Wildman–Crippen LogP) is 2.44. The van der Waals surface area contributed by atoms with Crippen LogP contribution in [0.25, 0.3) is 11.0 Å². The van der Waals surface area contributed by atoms with Gasteiger partial charge in [-0.05, 0) is 31.2 Å². The summed E-state index contributed by atoms with van der Waals surface area (Å²) in [6.45, 7) is 1.08. The molecule has 3 aromatic rings. The fraction of sp³-hybridized carbons (Fsp3) is 0.158. The Kier molecular flexibility index (Phi) is 5.29. The number of hydrogen-bond donors (Lipinski definition) is 3. The number of aliphatic hydroxyl groups is 1. The van der Waals surface area contributed by atoms with E-state index in [2.05, 4.69) is 10.6 Å². The van der Waals surface area contributed by atoms with Gasteiger partial charge in [0.2, 0.25) is 5.82 Å². The Morgan fingerprint density at radius 2 is 1.93 bits per heavy atom. The van der Waals surface area contributed by atoms with Gasteiger partial charge in [-0.25, -0.2) is 0 Å². The second-order valence-electron chi connectivity index (χ2n) is 6.48. The standard InChI is InChI=1S/C19H16FN3O6/c1-19(26,16-8-11-4-2-3-5-15(11)29-16)10-21-17(24)18(25)22-12-6-7-13(20)14(9-12)23(27)28/h2-9,26H,10H2,1H3,(H,21,24)(H,22,25). The molecule has 2 amide bonds. The van der Waals surface area contributed by atoms with E-state index in [4.69, 9.17) is 4.42 Å². The number of para-hydroxylation sites is 1. The molecular formula is C19H16FN3O6. The fourth-order valence-corrected chi connectivity index (χ4v) is 2.59. The van der Waals surface area contributed by atoms with Gasteiger partial charge in [-0.2, -0.15) is 4.39 Å². The highest BCUT2D eigenvalue weighted by Gasteiger charge is 2.29. The first-order valence-corrected chi connectivity index (χ1v) is 8.42. The highest BCUT2D eigenvalue weighted by atomic mass is 19.1. The van der Waals surface area contributed by atoms with E-state index < -0.39 is 33.8 Å². The summed E-state index contributed by atoms with van der Waals surface area (Å²) in [5.74, 6) is -3.09. The summed E-state index contributed by atoms with van der Waals surface area (Å²) < 4.78 is 18.9. The van der Waals surface area contributed by atoms with Crippen LogP contribution in [0.15, 0.2) is 52.9 Å². The maximum absolute atomic E-state index is 13.3. The number of benzene rings is 2. The number of carbonyl (C=O) groups excluding carboxylic acids is 2. The van der Waals surface area contributed by atoms with Crippen LogP contribution in [0.4, 0.5) is 15.8 Å². The molecule has 2 aromatic carbocycles. The van der Waals surface area contributed by atoms with Gasteiger partial charge in [0, 0.05) is 17.1 Å². The Balaban J connectivity index is 1.64. The van der Waals surface area contributed by atoms with Gasteiger partial charge in [0.25, 0.3) is 0 Å². The Hall–Kier alpha value is -3.79. The van der Waals surface area contributed by atoms with Crippen LogP contribution in [-0.4, -0.2) is 28.4 Å². The fourth-order valence-electron chi connectivity index (χ4n) is 2.59. The second kappa shape index (κ2) is 7.68. The van der Waals surface area contributed by atoms with Gasteiger partial charge in [-0.3, -0.25) is 19.7 Å². The maximum atomic E-state index is 13.3. The molecule has 9 nitrogen and oxygen atoms in total. The molecule has 3 N–H and O–H groups in total. The number of fused-ring (bicyclic) bond motifs is 1. The van der Waals surface area contributed by atoms with E-state index in [1.54, 1.807) is 24.3 Å². The number of anilines is 1. The van der Waals surface area contributed by atoms with Crippen molar-refractivity contribution in [2.45, 2.75) is 12.5 Å². The number of hydrogen-bond acceptors (Lipinski definition) is 6. The molecule has 0 radical (unpaired) electrons. The van der Waals surface area contributed by atoms with E-state index in [1.807, 2.05) is 6.07 Å². The van der Waals surface area contributed by atoms with E-state index in [9.17, 15) is 29.2 Å². The van der Waals surface area contributed by atoms with Crippen molar-refractivity contribution < 1.29 is 28.4 Å². The SMILES string of the molecule is CC(O)(CNC(=O)C(=O)Nc1ccc(F)c([N+](=O)[O-])c1)c1cc2ccccc2o1. The molecule has 150 valence electrons. The maximum Gasteiger partial charge on any atom is 0.313 e. The highest BCUT2D eigenvalue weighted by molar-refractivity contribution is 6.39. The van der Waals surface area contributed by atoms with Crippen molar-refractivity contribution >= 4 is 34.2 Å². The lowest BCUT2D eigenvalue weighted by atomic mass is 10.0. The molecule has 0 bridgehead atoms. The number of amides is 2. The molecular weight excluding hydrogens is 385 g/mol. The molecule has 29 heavy (non-hydrogen) atoms. The minimum absolute atomic E-state index is 0.123. The number of furan rings is 1. The van der Waals surface area contributed by atoms with Crippen LogP contribution in [-0.2, 0) is 15.2 Å². The molecule has 10 heteroatoms. The third-order valence-electron chi connectivity index (χ3n) is 4.16. The van der Waals surface area contributed by atoms with Crippen LogP contribution in [0, 0.1) is 15.9 Å². The highest BCUT2D eigenvalue weighted by Crippen LogP contribution is 2.27. The van der Waals surface area contributed by atoms with Crippen molar-refractivity contribution in [2.75, 3.05) is 11.9 Å². The van der Waals surface area contributed by atoms with Crippen LogP contribution in [0.2, 0.25) is 0 Å². The number of nitrogens with one attached hydrogen (secondary N) is 2. The largest absolute Gasteiger partial charge is 0.458 e. The van der Waals surface area contributed by atoms with E-state index in [-0.39, 0.29) is 18.0 Å². The Labute approximate surface area is 163 Å². The van der Waals surface area contributed by atoms with Gasteiger partial charge in [-0.1, -0.05) is 18.2 Å². The molecule has 0 aliphatic carbocycles. The molecule has 0 spiro atoms. The van der Waals surface area contributed by atoms with Gasteiger partial charge < -0.3 is 20.2 Å². The quantitative estimate of drug-likeness (QED) is 0.341. The summed E-state index contributed by atoms with van der Waals surface area (Å²) in [5, 5.41) is 26.5. The van der Waals surface area contributed by atoms with Crippen LogP contribution < -0.4 is 10.6 Å². The first-order valence-electron chi connectivity index (χ1n) is 8.42. The predicted molar refractivity (Wildman–Crippen MR) is 100 cm³/mol. The van der Waals surface area contributed by atoms with Crippen molar-refractivity contribution in [1.82, 2.24) is 5.32 Å². The summed E-state index contributed by atoms with van der Waals surface area (Å²) in [7, 11) is 0. The number of nitrogens with zero attached hydrogens (tertiary/aromatic N) is 1. The zero-order chi connectivity index (χ0) is 21.2. The third-order valence-corrected chi connectivity index (χ3v) is 4.16. The van der Waals surface area contributed by atoms with Gasteiger partial charge in [0.1, 0.15) is 16.9 Å². The monoisotopic (exact) mass is 401 g/mol. The van der Waals surface area contributed by atoms with Crippen molar-refractivity contribution in [2.24, 2.45) is 0 Å².